The lowest BCUT2D eigenvalue weighted by molar-refractivity contribution is 0.120. The molecule has 0 radical (unpaired) electrons. The van der Waals surface area contributed by atoms with Crippen LogP contribution < -0.4 is 10.3 Å². The Morgan fingerprint density at radius 3 is 2.70 bits per heavy atom. The average molecular weight is 467 g/mol. The van der Waals surface area contributed by atoms with Crippen LogP contribution in [0.3, 0.4) is 0 Å². The molecule has 2 aromatic heterocycles. The number of rotatable bonds is 5. The fourth-order valence-electron chi connectivity index (χ4n) is 4.41. The fraction of sp³-hybridized carbons (Fsp3) is 0.320. The third-order valence-corrected chi connectivity index (χ3v) is 9.39. The molecule has 0 saturated heterocycles. The standard InChI is InChI=1S/C25H26N2O5S/c1-16-14-18(21-15-19(28)6-7-22(21)32-20-4-3-5-20)8-11-25(16,2)33(30,31)27-13-10-17-9-12-26-24(29)23(17)27/h6-10,12-15,20,28H,3-5,11H2,1-2H3,(H,26,29). The summed E-state index contributed by atoms with van der Waals surface area (Å²) in [7, 11) is -3.95. The maximum Gasteiger partial charge on any atom is 0.273 e. The van der Waals surface area contributed by atoms with Gasteiger partial charge < -0.3 is 14.8 Å². The van der Waals surface area contributed by atoms with Crippen molar-refractivity contribution in [1.82, 2.24) is 8.96 Å². The first-order valence-corrected chi connectivity index (χ1v) is 12.5. The number of phenolic OH excluding ortho intramolecular Hbond substituents is 1. The van der Waals surface area contributed by atoms with Crippen molar-refractivity contribution in [3.05, 3.63) is 76.4 Å². The molecule has 1 unspecified atom stereocenters. The lowest BCUT2D eigenvalue weighted by Crippen LogP contribution is -2.41. The molecule has 3 aromatic rings. The number of H-pyrrole nitrogens is 1. The Morgan fingerprint density at radius 1 is 1.21 bits per heavy atom. The van der Waals surface area contributed by atoms with Crippen LogP contribution in [0.2, 0.25) is 0 Å². The van der Waals surface area contributed by atoms with Gasteiger partial charge in [0.25, 0.3) is 5.56 Å². The van der Waals surface area contributed by atoms with E-state index in [0.29, 0.717) is 16.7 Å². The van der Waals surface area contributed by atoms with Crippen molar-refractivity contribution in [2.75, 3.05) is 0 Å². The van der Waals surface area contributed by atoms with E-state index >= 15 is 0 Å². The molecule has 2 N–H and O–H groups in total. The molecule has 0 aliphatic heterocycles. The van der Waals surface area contributed by atoms with Gasteiger partial charge in [0, 0.05) is 23.3 Å². The number of pyridine rings is 1. The zero-order chi connectivity index (χ0) is 23.4. The number of hydrogen-bond donors (Lipinski definition) is 2. The van der Waals surface area contributed by atoms with Gasteiger partial charge in [-0.15, -0.1) is 0 Å². The smallest absolute Gasteiger partial charge is 0.273 e. The second kappa shape index (κ2) is 7.66. The summed E-state index contributed by atoms with van der Waals surface area (Å²) in [5.74, 6) is 0.805. The van der Waals surface area contributed by atoms with Gasteiger partial charge in [-0.05, 0) is 81.0 Å². The van der Waals surface area contributed by atoms with Crippen molar-refractivity contribution in [2.45, 2.75) is 50.4 Å². The number of phenols is 1. The summed E-state index contributed by atoms with van der Waals surface area (Å²) in [4.78, 5) is 15.0. The van der Waals surface area contributed by atoms with E-state index in [1.807, 2.05) is 12.2 Å². The summed E-state index contributed by atoms with van der Waals surface area (Å²) < 4.78 is 33.5. The minimum Gasteiger partial charge on any atom is -0.508 e. The van der Waals surface area contributed by atoms with E-state index in [9.17, 15) is 18.3 Å². The minimum absolute atomic E-state index is 0.116. The van der Waals surface area contributed by atoms with Crippen molar-refractivity contribution in [2.24, 2.45) is 0 Å². The van der Waals surface area contributed by atoms with Gasteiger partial charge in [-0.2, -0.15) is 0 Å². The summed E-state index contributed by atoms with van der Waals surface area (Å²) in [6, 6.07) is 8.32. The van der Waals surface area contributed by atoms with Crippen molar-refractivity contribution >= 4 is 26.5 Å². The molecule has 2 aliphatic rings. The maximum absolute atomic E-state index is 13.8. The Labute approximate surface area is 192 Å². The molecule has 2 heterocycles. The lowest BCUT2D eigenvalue weighted by Gasteiger charge is -2.33. The number of ether oxygens (including phenoxy) is 1. The number of benzene rings is 1. The highest BCUT2D eigenvalue weighted by atomic mass is 32.2. The van der Waals surface area contributed by atoms with Gasteiger partial charge in [0.2, 0.25) is 10.0 Å². The molecule has 172 valence electrons. The molecule has 1 atom stereocenters. The highest BCUT2D eigenvalue weighted by Crippen LogP contribution is 2.42. The third-order valence-electron chi connectivity index (χ3n) is 6.94. The SMILES string of the molecule is CC1=CC(c2cc(O)ccc2OC2CCC2)=CCC1(C)S(=O)(=O)n1ccc2cc[nH]c(=O)c21. The zero-order valence-electron chi connectivity index (χ0n) is 18.5. The Kier molecular flexibility index (Phi) is 5.01. The average Bonchev–Trinajstić information content (AvgIpc) is 3.20. The molecular weight excluding hydrogens is 440 g/mol. The predicted molar refractivity (Wildman–Crippen MR) is 128 cm³/mol. The van der Waals surface area contributed by atoms with E-state index in [1.54, 1.807) is 44.2 Å². The molecule has 0 amide bonds. The van der Waals surface area contributed by atoms with Gasteiger partial charge in [-0.1, -0.05) is 12.2 Å². The fourth-order valence-corrected chi connectivity index (χ4v) is 6.25. The molecule has 8 heteroatoms. The summed E-state index contributed by atoms with van der Waals surface area (Å²) in [6.45, 7) is 3.47. The Hall–Kier alpha value is -3.26. The summed E-state index contributed by atoms with van der Waals surface area (Å²) >= 11 is 0. The first-order valence-electron chi connectivity index (χ1n) is 11.0. The van der Waals surface area contributed by atoms with E-state index in [2.05, 4.69) is 4.98 Å². The predicted octanol–water partition coefficient (Wildman–Crippen LogP) is 4.34. The first-order chi connectivity index (χ1) is 15.7. The number of aromatic amines is 1. The minimum atomic E-state index is -3.95. The summed E-state index contributed by atoms with van der Waals surface area (Å²) in [6.07, 6.45) is 10.2. The molecule has 1 saturated carbocycles. The monoisotopic (exact) mass is 466 g/mol. The Bertz CT molecular complexity index is 1470. The van der Waals surface area contributed by atoms with Crippen LogP contribution in [0.1, 0.15) is 45.1 Å². The van der Waals surface area contributed by atoms with Crippen LogP contribution >= 0.6 is 0 Å². The Morgan fingerprint density at radius 2 is 2.00 bits per heavy atom. The Balaban J connectivity index is 1.54. The molecule has 0 bridgehead atoms. The number of aromatic hydroxyl groups is 1. The number of hydrogen-bond acceptors (Lipinski definition) is 5. The summed E-state index contributed by atoms with van der Waals surface area (Å²) in [5.41, 5.74) is 1.86. The van der Waals surface area contributed by atoms with E-state index in [1.165, 1.54) is 12.4 Å². The van der Waals surface area contributed by atoms with Gasteiger partial charge in [-0.3, -0.25) is 4.79 Å². The zero-order valence-corrected chi connectivity index (χ0v) is 19.4. The van der Waals surface area contributed by atoms with Crippen LogP contribution in [0.5, 0.6) is 11.5 Å². The lowest BCUT2D eigenvalue weighted by atomic mass is 9.87. The van der Waals surface area contributed by atoms with E-state index in [-0.39, 0.29) is 23.8 Å². The topological polar surface area (TPSA) is 101 Å². The molecule has 5 rings (SSSR count). The number of nitrogens with zero attached hydrogens (tertiary/aromatic N) is 1. The van der Waals surface area contributed by atoms with Gasteiger partial charge in [0.05, 0.1) is 6.10 Å². The van der Waals surface area contributed by atoms with Gasteiger partial charge in [0.1, 0.15) is 21.8 Å². The van der Waals surface area contributed by atoms with Crippen molar-refractivity contribution < 1.29 is 18.3 Å². The quantitative estimate of drug-likeness (QED) is 0.583. The van der Waals surface area contributed by atoms with E-state index in [4.69, 9.17) is 4.74 Å². The maximum atomic E-state index is 13.8. The van der Waals surface area contributed by atoms with Gasteiger partial charge in [-0.25, -0.2) is 12.4 Å². The normalized spacial score (nSPS) is 21.4. The van der Waals surface area contributed by atoms with Crippen LogP contribution in [0.25, 0.3) is 16.5 Å². The largest absolute Gasteiger partial charge is 0.508 e. The first kappa shape index (κ1) is 21.6. The van der Waals surface area contributed by atoms with Crippen LogP contribution in [0.4, 0.5) is 0 Å². The van der Waals surface area contributed by atoms with Gasteiger partial charge in [0.15, 0.2) is 0 Å². The second-order valence-corrected chi connectivity index (χ2v) is 11.2. The van der Waals surface area contributed by atoms with E-state index in [0.717, 1.165) is 34.4 Å². The number of aromatic nitrogens is 2. The van der Waals surface area contributed by atoms with Crippen molar-refractivity contribution in [3.8, 4) is 11.5 Å². The van der Waals surface area contributed by atoms with Crippen molar-refractivity contribution in [1.29, 1.82) is 0 Å². The number of allylic oxidation sites excluding steroid dienone is 3. The van der Waals surface area contributed by atoms with E-state index < -0.39 is 20.3 Å². The molecule has 1 fully saturated rings. The molecule has 0 spiro atoms. The van der Waals surface area contributed by atoms with Gasteiger partial charge >= 0.3 is 0 Å². The van der Waals surface area contributed by atoms with Crippen LogP contribution in [-0.2, 0) is 10.0 Å². The highest BCUT2D eigenvalue weighted by Gasteiger charge is 2.43. The van der Waals surface area contributed by atoms with Crippen LogP contribution in [0, 0.1) is 0 Å². The number of fused-ring (bicyclic) bond motifs is 1. The molecule has 7 nitrogen and oxygen atoms in total. The second-order valence-electron chi connectivity index (χ2n) is 9.00. The van der Waals surface area contributed by atoms with Crippen molar-refractivity contribution in [3.63, 3.8) is 0 Å². The van der Waals surface area contributed by atoms with Crippen LogP contribution in [-0.4, -0.2) is 33.3 Å². The molecular formula is C25H26N2O5S. The molecule has 1 aromatic carbocycles. The van der Waals surface area contributed by atoms with Crippen LogP contribution in [0.15, 0.2) is 65.2 Å². The summed E-state index contributed by atoms with van der Waals surface area (Å²) in [5, 5.41) is 10.7. The molecule has 33 heavy (non-hydrogen) atoms. The number of nitrogens with one attached hydrogen (secondary N) is 1. The third kappa shape index (κ3) is 3.40. The highest BCUT2D eigenvalue weighted by molar-refractivity contribution is 7.91. The molecule has 2 aliphatic carbocycles.